The predicted molar refractivity (Wildman–Crippen MR) is 89.0 cm³/mol. The van der Waals surface area contributed by atoms with E-state index in [-0.39, 0.29) is 12.5 Å². The van der Waals surface area contributed by atoms with E-state index in [0.717, 1.165) is 5.56 Å². The van der Waals surface area contributed by atoms with Gasteiger partial charge in [-0.2, -0.15) is 10.5 Å². The summed E-state index contributed by atoms with van der Waals surface area (Å²) in [5.41, 5.74) is 3.03. The molecule has 2 rings (SSSR count). The van der Waals surface area contributed by atoms with E-state index in [1.807, 2.05) is 31.2 Å². The molecule has 114 valence electrons. The van der Waals surface area contributed by atoms with Crippen molar-refractivity contribution in [2.45, 2.75) is 6.92 Å². The molecule has 5 heteroatoms. The fourth-order valence-corrected chi connectivity index (χ4v) is 2.27. The minimum Gasteiger partial charge on any atom is -0.363 e. The molecule has 0 fully saturated rings. The molecule has 0 saturated heterocycles. The lowest BCUT2D eigenvalue weighted by Crippen LogP contribution is -2.31. The van der Waals surface area contributed by atoms with Crippen LogP contribution >= 0.6 is 0 Å². The van der Waals surface area contributed by atoms with Gasteiger partial charge in [-0.05, 0) is 31.2 Å². The van der Waals surface area contributed by atoms with Crippen LogP contribution < -0.4 is 10.2 Å². The number of rotatable bonds is 4. The van der Waals surface area contributed by atoms with E-state index in [4.69, 9.17) is 0 Å². The molecule has 2 aromatic rings. The third kappa shape index (κ3) is 3.87. The Bertz CT molecular complexity index is 765. The van der Waals surface area contributed by atoms with Gasteiger partial charge in [0, 0.05) is 12.7 Å². The second kappa shape index (κ2) is 7.11. The molecular formula is C18H16N4O. The molecule has 1 amide bonds. The molecule has 0 radical (unpaired) electrons. The van der Waals surface area contributed by atoms with Crippen molar-refractivity contribution in [3.8, 4) is 12.1 Å². The Labute approximate surface area is 135 Å². The van der Waals surface area contributed by atoms with Crippen LogP contribution in [0.4, 0.5) is 11.4 Å². The van der Waals surface area contributed by atoms with Gasteiger partial charge in [0.1, 0.15) is 12.1 Å². The summed E-state index contributed by atoms with van der Waals surface area (Å²) in [5.74, 6) is -0.215. The van der Waals surface area contributed by atoms with Gasteiger partial charge in [-0.3, -0.25) is 4.79 Å². The molecule has 0 bridgehead atoms. The van der Waals surface area contributed by atoms with Gasteiger partial charge in [-0.15, -0.1) is 0 Å². The summed E-state index contributed by atoms with van der Waals surface area (Å²) in [6.07, 6.45) is 0. The quantitative estimate of drug-likeness (QED) is 0.942. The van der Waals surface area contributed by atoms with E-state index >= 15 is 0 Å². The summed E-state index contributed by atoms with van der Waals surface area (Å²) in [5, 5.41) is 21.2. The van der Waals surface area contributed by atoms with E-state index in [1.54, 1.807) is 30.1 Å². The molecule has 0 saturated carbocycles. The molecule has 23 heavy (non-hydrogen) atoms. The number of nitrogens with zero attached hydrogens (tertiary/aromatic N) is 3. The summed E-state index contributed by atoms with van der Waals surface area (Å²) in [6.45, 7) is 2.02. The molecule has 0 heterocycles. The number of amides is 1. The largest absolute Gasteiger partial charge is 0.363 e. The first-order chi connectivity index (χ1) is 11.0. The predicted octanol–water partition coefficient (Wildman–Crippen LogP) is 2.81. The number of nitriles is 2. The Hall–Kier alpha value is -3.31. The highest BCUT2D eigenvalue weighted by Crippen LogP contribution is 2.23. The molecule has 5 nitrogen and oxygen atoms in total. The number of carbonyl (C=O) groups excluding carboxylic acids is 1. The maximum Gasteiger partial charge on any atom is 0.243 e. The summed E-state index contributed by atoms with van der Waals surface area (Å²) in [4.78, 5) is 13.8. The first-order valence-corrected chi connectivity index (χ1v) is 7.06. The van der Waals surface area contributed by atoms with Crippen molar-refractivity contribution in [3.05, 3.63) is 59.2 Å². The average Bonchev–Trinajstić information content (AvgIpc) is 2.55. The number of nitrogens with one attached hydrogen (secondary N) is 1. The van der Waals surface area contributed by atoms with Crippen LogP contribution in [0.15, 0.2) is 42.5 Å². The molecule has 0 atom stereocenters. The van der Waals surface area contributed by atoms with Crippen molar-refractivity contribution in [1.82, 2.24) is 0 Å². The lowest BCUT2D eigenvalue weighted by molar-refractivity contribution is -0.114. The number of carbonyl (C=O) groups is 1. The van der Waals surface area contributed by atoms with Crippen molar-refractivity contribution >= 4 is 17.3 Å². The fraction of sp³-hybridized carbons (Fsp3) is 0.167. The maximum absolute atomic E-state index is 12.2. The lowest BCUT2D eigenvalue weighted by atomic mass is 10.1. The smallest absolute Gasteiger partial charge is 0.243 e. The normalized spacial score (nSPS) is 9.57. The lowest BCUT2D eigenvalue weighted by Gasteiger charge is -2.21. The number of hydrogen-bond acceptors (Lipinski definition) is 4. The highest BCUT2D eigenvalue weighted by Gasteiger charge is 2.15. The van der Waals surface area contributed by atoms with Gasteiger partial charge >= 0.3 is 0 Å². The average molecular weight is 304 g/mol. The summed E-state index contributed by atoms with van der Waals surface area (Å²) >= 11 is 0. The molecule has 0 aromatic heterocycles. The van der Waals surface area contributed by atoms with E-state index in [2.05, 4.69) is 17.5 Å². The molecular weight excluding hydrogens is 288 g/mol. The van der Waals surface area contributed by atoms with Gasteiger partial charge in [0.15, 0.2) is 0 Å². The van der Waals surface area contributed by atoms with Crippen LogP contribution in [0.1, 0.15) is 16.7 Å². The van der Waals surface area contributed by atoms with Crippen LogP contribution in [0.2, 0.25) is 0 Å². The second-order valence-corrected chi connectivity index (χ2v) is 5.20. The molecule has 0 spiro atoms. The first-order valence-electron chi connectivity index (χ1n) is 7.06. The SMILES string of the molecule is Cc1ccc(NC(=O)CN(C)c2c(C#N)cccc2C#N)cc1. The number of aryl methyl sites for hydroxylation is 1. The van der Waals surface area contributed by atoms with Gasteiger partial charge < -0.3 is 10.2 Å². The number of likely N-dealkylation sites (N-methyl/N-ethyl adjacent to an activating group) is 1. The van der Waals surface area contributed by atoms with Gasteiger partial charge in [-0.1, -0.05) is 23.8 Å². The third-order valence-corrected chi connectivity index (χ3v) is 3.37. The van der Waals surface area contributed by atoms with Crippen molar-refractivity contribution in [2.24, 2.45) is 0 Å². The third-order valence-electron chi connectivity index (χ3n) is 3.37. The highest BCUT2D eigenvalue weighted by atomic mass is 16.2. The molecule has 0 aliphatic heterocycles. The number of benzene rings is 2. The molecule has 0 unspecified atom stereocenters. The van der Waals surface area contributed by atoms with Crippen LogP contribution in [0.3, 0.4) is 0 Å². The van der Waals surface area contributed by atoms with E-state index in [1.165, 1.54) is 0 Å². The van der Waals surface area contributed by atoms with Crippen LogP contribution in [0.25, 0.3) is 0 Å². The molecule has 2 aromatic carbocycles. The summed E-state index contributed by atoms with van der Waals surface area (Å²) in [6, 6.07) is 16.5. The van der Waals surface area contributed by atoms with E-state index in [9.17, 15) is 15.3 Å². The van der Waals surface area contributed by atoms with Crippen LogP contribution in [0, 0.1) is 29.6 Å². The fourth-order valence-electron chi connectivity index (χ4n) is 2.27. The standard InChI is InChI=1S/C18H16N4O/c1-13-6-8-16(9-7-13)21-17(23)12-22(2)18-14(10-19)4-3-5-15(18)11-20/h3-9H,12H2,1-2H3,(H,21,23). The zero-order valence-electron chi connectivity index (χ0n) is 13.0. The van der Waals surface area contributed by atoms with Crippen molar-refractivity contribution in [2.75, 3.05) is 23.8 Å². The number of hydrogen-bond donors (Lipinski definition) is 1. The number of anilines is 2. The van der Waals surface area contributed by atoms with E-state index in [0.29, 0.717) is 22.5 Å². The minimum atomic E-state index is -0.215. The Morgan fingerprint density at radius 2 is 1.65 bits per heavy atom. The van der Waals surface area contributed by atoms with Crippen LogP contribution in [-0.2, 0) is 4.79 Å². The highest BCUT2D eigenvalue weighted by molar-refractivity contribution is 5.94. The van der Waals surface area contributed by atoms with Gasteiger partial charge in [0.25, 0.3) is 0 Å². The van der Waals surface area contributed by atoms with Gasteiger partial charge in [-0.25, -0.2) is 0 Å². The van der Waals surface area contributed by atoms with Gasteiger partial charge in [0.2, 0.25) is 5.91 Å². The van der Waals surface area contributed by atoms with Crippen molar-refractivity contribution < 1.29 is 4.79 Å². The molecule has 0 aliphatic rings. The topological polar surface area (TPSA) is 79.9 Å². The van der Waals surface area contributed by atoms with Crippen molar-refractivity contribution in [1.29, 1.82) is 10.5 Å². The van der Waals surface area contributed by atoms with Crippen molar-refractivity contribution in [3.63, 3.8) is 0 Å². The van der Waals surface area contributed by atoms with Crippen LogP contribution in [0.5, 0.6) is 0 Å². The zero-order chi connectivity index (χ0) is 16.8. The Morgan fingerprint density at radius 1 is 1.09 bits per heavy atom. The zero-order valence-corrected chi connectivity index (χ0v) is 13.0. The number of para-hydroxylation sites is 1. The minimum absolute atomic E-state index is 0.0429. The summed E-state index contributed by atoms with van der Waals surface area (Å²) < 4.78 is 0. The molecule has 0 aliphatic carbocycles. The summed E-state index contributed by atoms with van der Waals surface area (Å²) in [7, 11) is 1.69. The first kappa shape index (κ1) is 16.1. The Kier molecular flexibility index (Phi) is 4.96. The van der Waals surface area contributed by atoms with Crippen LogP contribution in [-0.4, -0.2) is 19.5 Å². The Balaban J connectivity index is 2.15. The Morgan fingerprint density at radius 3 is 2.17 bits per heavy atom. The maximum atomic E-state index is 12.2. The van der Waals surface area contributed by atoms with Gasteiger partial charge in [0.05, 0.1) is 23.4 Å². The molecule has 1 N–H and O–H groups in total. The second-order valence-electron chi connectivity index (χ2n) is 5.20. The van der Waals surface area contributed by atoms with E-state index < -0.39 is 0 Å². The monoisotopic (exact) mass is 304 g/mol.